The van der Waals surface area contributed by atoms with Crippen molar-refractivity contribution in [3.05, 3.63) is 106 Å². The Labute approximate surface area is 180 Å². The normalized spacial score (nSPS) is 12.1. The van der Waals surface area contributed by atoms with Crippen molar-refractivity contribution in [3.8, 4) is 22.3 Å². The van der Waals surface area contributed by atoms with E-state index in [0.29, 0.717) is 11.1 Å². The lowest BCUT2D eigenvalue weighted by Gasteiger charge is -2.15. The third kappa shape index (κ3) is 4.36. The van der Waals surface area contributed by atoms with Crippen LogP contribution in [0.25, 0.3) is 22.3 Å². The van der Waals surface area contributed by atoms with Crippen molar-refractivity contribution in [2.75, 3.05) is 0 Å². The first-order valence-electron chi connectivity index (χ1n) is 10.3. The predicted octanol–water partition coefficient (Wildman–Crippen LogP) is 8.27. The molecule has 0 spiro atoms. The third-order valence-corrected chi connectivity index (χ3v) is 6.61. The van der Waals surface area contributed by atoms with Crippen molar-refractivity contribution in [1.82, 2.24) is 0 Å². The molecule has 0 amide bonds. The predicted molar refractivity (Wildman–Crippen MR) is 123 cm³/mol. The molecule has 0 N–H and O–H groups in total. The number of halogens is 2. The monoisotopic (exact) mass is 418 g/mol. The van der Waals surface area contributed by atoms with Gasteiger partial charge in [0.2, 0.25) is 0 Å². The Bertz CT molecular complexity index is 1160. The number of thiophene rings is 1. The number of benzene rings is 3. The summed E-state index contributed by atoms with van der Waals surface area (Å²) < 4.78 is 28.7. The van der Waals surface area contributed by atoms with E-state index in [1.54, 1.807) is 29.5 Å². The molecule has 0 aliphatic heterocycles. The quantitative estimate of drug-likeness (QED) is 0.295. The molecule has 3 aromatic carbocycles. The number of aryl methyl sites for hydroxylation is 1. The second kappa shape index (κ2) is 8.93. The smallest absolute Gasteiger partial charge is 0.131 e. The molecule has 152 valence electrons. The molecule has 1 aromatic heterocycles. The van der Waals surface area contributed by atoms with Gasteiger partial charge in [0.25, 0.3) is 0 Å². The van der Waals surface area contributed by atoms with Crippen LogP contribution in [0, 0.1) is 11.6 Å². The highest BCUT2D eigenvalue weighted by Crippen LogP contribution is 2.32. The molecule has 30 heavy (non-hydrogen) atoms. The molecule has 0 nitrogen and oxygen atoms in total. The Hall–Kier alpha value is -2.78. The van der Waals surface area contributed by atoms with Gasteiger partial charge in [-0.05, 0) is 70.7 Å². The molecule has 4 aromatic rings. The number of hydrogen-bond donors (Lipinski definition) is 0. The molecule has 3 heteroatoms. The average Bonchev–Trinajstić information content (AvgIpc) is 3.24. The minimum absolute atomic E-state index is 0.187. The molecule has 0 aliphatic rings. The Morgan fingerprint density at radius 2 is 1.60 bits per heavy atom. The van der Waals surface area contributed by atoms with Gasteiger partial charge in [-0.1, -0.05) is 62.4 Å². The minimum Gasteiger partial charge on any atom is -0.206 e. The summed E-state index contributed by atoms with van der Waals surface area (Å²) in [5.74, 6) is -0.176. The lowest BCUT2D eigenvalue weighted by molar-refractivity contribution is 0.629. The lowest BCUT2D eigenvalue weighted by atomic mass is 9.90. The highest BCUT2D eigenvalue weighted by Gasteiger charge is 2.13. The second-order valence-corrected chi connectivity index (χ2v) is 8.68. The van der Waals surface area contributed by atoms with Gasteiger partial charge < -0.3 is 0 Å². The fraction of sp³-hybridized carbons (Fsp3) is 0.185. The molecule has 1 unspecified atom stereocenters. The second-order valence-electron chi connectivity index (χ2n) is 7.68. The van der Waals surface area contributed by atoms with Crippen LogP contribution in [0.4, 0.5) is 8.78 Å². The van der Waals surface area contributed by atoms with E-state index in [2.05, 4.69) is 32.0 Å². The Morgan fingerprint density at radius 3 is 2.37 bits per heavy atom. The van der Waals surface area contributed by atoms with Crippen molar-refractivity contribution < 1.29 is 8.78 Å². The van der Waals surface area contributed by atoms with Crippen LogP contribution in [0.3, 0.4) is 0 Å². The Balaban J connectivity index is 1.59. The first-order valence-corrected chi connectivity index (χ1v) is 11.1. The summed E-state index contributed by atoms with van der Waals surface area (Å²) >= 11 is 1.67. The van der Waals surface area contributed by atoms with E-state index in [1.807, 2.05) is 35.7 Å². The van der Waals surface area contributed by atoms with E-state index >= 15 is 0 Å². The van der Waals surface area contributed by atoms with E-state index < -0.39 is 0 Å². The van der Waals surface area contributed by atoms with E-state index in [0.717, 1.165) is 35.1 Å². The van der Waals surface area contributed by atoms with Gasteiger partial charge in [0.1, 0.15) is 11.6 Å². The van der Waals surface area contributed by atoms with Crippen molar-refractivity contribution in [2.45, 2.75) is 32.6 Å². The fourth-order valence-electron chi connectivity index (χ4n) is 3.81. The van der Waals surface area contributed by atoms with Gasteiger partial charge in [0.15, 0.2) is 0 Å². The zero-order valence-electron chi connectivity index (χ0n) is 17.2. The highest BCUT2D eigenvalue weighted by molar-refractivity contribution is 7.10. The number of rotatable bonds is 6. The molecular weight excluding hydrogens is 394 g/mol. The van der Waals surface area contributed by atoms with Gasteiger partial charge in [0, 0.05) is 16.0 Å². The van der Waals surface area contributed by atoms with Gasteiger partial charge in [0.05, 0.1) is 0 Å². The van der Waals surface area contributed by atoms with Crippen LogP contribution >= 0.6 is 11.3 Å². The van der Waals surface area contributed by atoms with Crippen molar-refractivity contribution >= 4 is 11.3 Å². The van der Waals surface area contributed by atoms with Crippen LogP contribution in [-0.4, -0.2) is 0 Å². The summed E-state index contributed by atoms with van der Waals surface area (Å²) in [6.45, 7) is 4.27. The zero-order valence-corrected chi connectivity index (χ0v) is 18.0. The van der Waals surface area contributed by atoms with Crippen molar-refractivity contribution in [1.29, 1.82) is 0 Å². The standard InChI is InChI=1S/C27H24F2S/c1-3-23-16-22(17-30-23)25-14-19(11-12-27(25)29)13-18(2)20-7-6-8-21(15-20)24-9-4-5-10-26(24)28/h4-12,14-18H,3,13H2,1-2H3. The minimum atomic E-state index is -0.215. The first-order chi connectivity index (χ1) is 14.5. The van der Waals surface area contributed by atoms with Gasteiger partial charge in [-0.25, -0.2) is 8.78 Å². The maximum Gasteiger partial charge on any atom is 0.131 e. The zero-order chi connectivity index (χ0) is 21.1. The summed E-state index contributed by atoms with van der Waals surface area (Å²) in [5.41, 5.74) is 5.34. The number of hydrogen-bond acceptors (Lipinski definition) is 1. The van der Waals surface area contributed by atoms with Crippen LogP contribution in [0.2, 0.25) is 0 Å². The van der Waals surface area contributed by atoms with Crippen LogP contribution in [0.5, 0.6) is 0 Å². The fourth-order valence-corrected chi connectivity index (χ4v) is 4.64. The Kier molecular flexibility index (Phi) is 6.10. The summed E-state index contributed by atoms with van der Waals surface area (Å²) in [6, 6.07) is 22.4. The summed E-state index contributed by atoms with van der Waals surface area (Å²) in [6.07, 6.45) is 1.75. The molecular formula is C27H24F2S. The molecule has 4 rings (SSSR count). The maximum absolute atomic E-state index is 14.5. The van der Waals surface area contributed by atoms with Gasteiger partial charge >= 0.3 is 0 Å². The summed E-state index contributed by atoms with van der Waals surface area (Å²) in [4.78, 5) is 1.26. The van der Waals surface area contributed by atoms with Crippen molar-refractivity contribution in [2.24, 2.45) is 0 Å². The lowest BCUT2D eigenvalue weighted by Crippen LogP contribution is -2.00. The third-order valence-electron chi connectivity index (χ3n) is 5.53. The van der Waals surface area contributed by atoms with E-state index in [-0.39, 0.29) is 17.6 Å². The molecule has 0 saturated heterocycles. The van der Waals surface area contributed by atoms with Crippen LogP contribution in [0.15, 0.2) is 78.2 Å². The molecule has 0 aliphatic carbocycles. The van der Waals surface area contributed by atoms with Crippen molar-refractivity contribution in [3.63, 3.8) is 0 Å². The molecule has 0 saturated carbocycles. The van der Waals surface area contributed by atoms with Crippen LogP contribution in [-0.2, 0) is 12.8 Å². The van der Waals surface area contributed by atoms with Crippen LogP contribution in [0.1, 0.15) is 35.8 Å². The molecule has 1 atom stereocenters. The Morgan fingerprint density at radius 1 is 0.800 bits per heavy atom. The van der Waals surface area contributed by atoms with Gasteiger partial charge in [-0.15, -0.1) is 11.3 Å². The first kappa shape index (κ1) is 20.5. The van der Waals surface area contributed by atoms with E-state index in [9.17, 15) is 8.78 Å². The molecule has 1 heterocycles. The largest absolute Gasteiger partial charge is 0.206 e. The molecule has 0 bridgehead atoms. The SMILES string of the molecule is CCc1cc(-c2cc(CC(C)c3cccc(-c4ccccc4F)c3)ccc2F)cs1. The van der Waals surface area contributed by atoms with E-state index in [4.69, 9.17) is 0 Å². The average molecular weight is 419 g/mol. The maximum atomic E-state index is 14.5. The molecule has 0 radical (unpaired) electrons. The molecule has 0 fully saturated rings. The van der Waals surface area contributed by atoms with E-state index in [1.165, 1.54) is 10.9 Å². The summed E-state index contributed by atoms with van der Waals surface area (Å²) in [7, 11) is 0. The summed E-state index contributed by atoms with van der Waals surface area (Å²) in [5, 5.41) is 2.03. The topological polar surface area (TPSA) is 0 Å². The van der Waals surface area contributed by atoms with Gasteiger partial charge in [-0.3, -0.25) is 0 Å². The van der Waals surface area contributed by atoms with Crippen LogP contribution < -0.4 is 0 Å². The highest BCUT2D eigenvalue weighted by atomic mass is 32.1. The van der Waals surface area contributed by atoms with Gasteiger partial charge in [-0.2, -0.15) is 0 Å².